The molecule has 0 radical (unpaired) electrons. The van der Waals surface area contributed by atoms with E-state index in [1.165, 1.54) is 24.9 Å². The van der Waals surface area contributed by atoms with Gasteiger partial charge in [-0.15, -0.1) is 0 Å². The summed E-state index contributed by atoms with van der Waals surface area (Å²) in [6, 6.07) is 5.79. The van der Waals surface area contributed by atoms with Gasteiger partial charge >= 0.3 is 5.97 Å². The Labute approximate surface area is 109 Å². The Balaban J connectivity index is 2.54. The number of carbonyl (C=O) groups excluding carboxylic acids is 1. The lowest BCUT2D eigenvalue weighted by Crippen LogP contribution is -2.33. The van der Waals surface area contributed by atoms with E-state index in [0.29, 0.717) is 17.1 Å². The number of nitrogens with two attached hydrogens (primary N) is 1. The van der Waals surface area contributed by atoms with Crippen LogP contribution in [0.1, 0.15) is 5.56 Å². The van der Waals surface area contributed by atoms with Crippen LogP contribution in [0.15, 0.2) is 24.3 Å². The van der Waals surface area contributed by atoms with Crippen LogP contribution in [-0.2, 0) is 15.3 Å². The lowest BCUT2D eigenvalue weighted by atomic mass is 10.2. The molecule has 1 aromatic rings. The summed E-state index contributed by atoms with van der Waals surface area (Å²) in [5.74, 6) is 0.311. The maximum Gasteiger partial charge on any atom is 0.323 e. The quantitative estimate of drug-likeness (QED) is 0.476. The smallest absolute Gasteiger partial charge is 0.323 e. The van der Waals surface area contributed by atoms with Gasteiger partial charge in [-0.3, -0.25) is 14.9 Å². The molecule has 1 rings (SSSR count). The number of thioether (sulfide) groups is 1. The van der Waals surface area contributed by atoms with Crippen molar-refractivity contribution >= 4 is 23.4 Å². The van der Waals surface area contributed by atoms with Gasteiger partial charge in [0.2, 0.25) is 0 Å². The summed E-state index contributed by atoms with van der Waals surface area (Å²) < 4.78 is 4.49. The minimum absolute atomic E-state index is 0.0802. The average Bonchev–Trinajstić information content (AvgIpc) is 2.38. The molecule has 2 N–H and O–H groups in total. The zero-order valence-corrected chi connectivity index (χ0v) is 10.7. The number of rotatable bonds is 6. The highest BCUT2D eigenvalue weighted by molar-refractivity contribution is 7.98. The third kappa shape index (κ3) is 4.01. The summed E-state index contributed by atoms with van der Waals surface area (Å²) in [6.07, 6.45) is 0. The third-order valence-electron chi connectivity index (χ3n) is 2.25. The van der Waals surface area contributed by atoms with Crippen molar-refractivity contribution in [2.24, 2.45) is 5.73 Å². The van der Waals surface area contributed by atoms with Gasteiger partial charge in [-0.05, 0) is 0 Å². The molecule has 1 aromatic carbocycles. The van der Waals surface area contributed by atoms with Gasteiger partial charge in [-0.1, -0.05) is 18.2 Å². The summed E-state index contributed by atoms with van der Waals surface area (Å²) >= 11 is 1.36. The van der Waals surface area contributed by atoms with Crippen molar-refractivity contribution in [2.75, 3.05) is 12.9 Å². The number of nitro benzene ring substituents is 1. The first kappa shape index (κ1) is 14.5. The number of ether oxygens (including phenoxy) is 1. The van der Waals surface area contributed by atoms with Crippen LogP contribution in [0.4, 0.5) is 5.69 Å². The normalized spacial score (nSPS) is 11.9. The Morgan fingerprint density at radius 3 is 2.83 bits per heavy atom. The van der Waals surface area contributed by atoms with E-state index < -0.39 is 16.9 Å². The van der Waals surface area contributed by atoms with Crippen LogP contribution in [0.5, 0.6) is 0 Å². The van der Waals surface area contributed by atoms with Crippen molar-refractivity contribution in [2.45, 2.75) is 11.8 Å². The highest BCUT2D eigenvalue weighted by atomic mass is 32.2. The number of hydrogen-bond donors (Lipinski definition) is 1. The van der Waals surface area contributed by atoms with Crippen LogP contribution in [-0.4, -0.2) is 29.8 Å². The molecular weight excluding hydrogens is 256 g/mol. The number of carbonyl (C=O) groups is 1. The van der Waals surface area contributed by atoms with Gasteiger partial charge in [-0.2, -0.15) is 11.8 Å². The first-order valence-electron chi connectivity index (χ1n) is 5.19. The van der Waals surface area contributed by atoms with Gasteiger partial charge in [0.25, 0.3) is 5.69 Å². The van der Waals surface area contributed by atoms with Crippen molar-refractivity contribution in [1.82, 2.24) is 0 Å². The van der Waals surface area contributed by atoms with Crippen LogP contribution < -0.4 is 5.73 Å². The highest BCUT2D eigenvalue weighted by Crippen LogP contribution is 2.22. The zero-order valence-electron chi connectivity index (χ0n) is 9.87. The number of nitro groups is 1. The monoisotopic (exact) mass is 270 g/mol. The fourth-order valence-corrected chi connectivity index (χ4v) is 2.30. The molecule has 0 aromatic heterocycles. The van der Waals surface area contributed by atoms with E-state index in [1.807, 2.05) is 0 Å². The molecule has 0 heterocycles. The topological polar surface area (TPSA) is 95.5 Å². The molecule has 0 amide bonds. The van der Waals surface area contributed by atoms with Gasteiger partial charge < -0.3 is 10.5 Å². The van der Waals surface area contributed by atoms with E-state index >= 15 is 0 Å². The van der Waals surface area contributed by atoms with Crippen molar-refractivity contribution in [3.63, 3.8) is 0 Å². The van der Waals surface area contributed by atoms with E-state index in [4.69, 9.17) is 5.73 Å². The van der Waals surface area contributed by atoms with E-state index in [-0.39, 0.29) is 5.69 Å². The standard InChI is InChI=1S/C11H14N2O4S/c1-17-11(14)9(12)7-18-6-8-4-2-3-5-10(8)13(15)16/h2-5,9H,6-7,12H2,1H3. The first-order chi connectivity index (χ1) is 8.56. The fourth-order valence-electron chi connectivity index (χ4n) is 1.33. The molecular formula is C11H14N2O4S. The van der Waals surface area contributed by atoms with E-state index in [0.717, 1.165) is 0 Å². The average molecular weight is 270 g/mol. The lowest BCUT2D eigenvalue weighted by Gasteiger charge is -2.08. The van der Waals surface area contributed by atoms with Gasteiger partial charge in [0, 0.05) is 23.1 Å². The molecule has 18 heavy (non-hydrogen) atoms. The maximum atomic E-state index is 11.1. The molecule has 0 saturated carbocycles. The zero-order chi connectivity index (χ0) is 13.5. The number of hydrogen-bond acceptors (Lipinski definition) is 6. The molecule has 0 bridgehead atoms. The number of nitrogens with zero attached hydrogens (tertiary/aromatic N) is 1. The summed E-state index contributed by atoms with van der Waals surface area (Å²) in [6.45, 7) is 0. The minimum atomic E-state index is -0.706. The molecule has 0 spiro atoms. The van der Waals surface area contributed by atoms with Crippen LogP contribution in [0.3, 0.4) is 0 Å². The SMILES string of the molecule is COC(=O)C(N)CSCc1ccccc1[N+](=O)[O-]. The number of methoxy groups -OCH3 is 1. The molecule has 0 saturated heterocycles. The van der Waals surface area contributed by atoms with E-state index in [1.54, 1.807) is 18.2 Å². The largest absolute Gasteiger partial charge is 0.468 e. The molecule has 0 aliphatic carbocycles. The predicted molar refractivity (Wildman–Crippen MR) is 69.2 cm³/mol. The summed E-state index contributed by atoms with van der Waals surface area (Å²) in [5, 5.41) is 10.8. The summed E-state index contributed by atoms with van der Waals surface area (Å²) in [7, 11) is 1.27. The highest BCUT2D eigenvalue weighted by Gasteiger charge is 2.16. The molecule has 6 nitrogen and oxygen atoms in total. The van der Waals surface area contributed by atoms with E-state index in [9.17, 15) is 14.9 Å². The number of para-hydroxylation sites is 1. The van der Waals surface area contributed by atoms with Gasteiger partial charge in [0.05, 0.1) is 12.0 Å². The van der Waals surface area contributed by atoms with Crippen LogP contribution >= 0.6 is 11.8 Å². The molecule has 0 aliphatic heterocycles. The van der Waals surface area contributed by atoms with Gasteiger partial charge in [-0.25, -0.2) is 0 Å². The Morgan fingerprint density at radius 2 is 2.22 bits per heavy atom. The lowest BCUT2D eigenvalue weighted by molar-refractivity contribution is -0.385. The Bertz CT molecular complexity index is 439. The fraction of sp³-hybridized carbons (Fsp3) is 0.364. The molecule has 1 unspecified atom stereocenters. The second-order valence-corrected chi connectivity index (χ2v) is 4.56. The number of benzene rings is 1. The molecule has 7 heteroatoms. The van der Waals surface area contributed by atoms with Crippen LogP contribution in [0.2, 0.25) is 0 Å². The van der Waals surface area contributed by atoms with Crippen LogP contribution in [0, 0.1) is 10.1 Å². The second kappa shape index (κ2) is 6.97. The summed E-state index contributed by atoms with van der Waals surface area (Å²) in [5.41, 5.74) is 6.26. The third-order valence-corrected chi connectivity index (χ3v) is 3.36. The Kier molecular flexibility index (Phi) is 5.60. The van der Waals surface area contributed by atoms with Crippen molar-refractivity contribution in [1.29, 1.82) is 0 Å². The Hall–Kier alpha value is -1.60. The van der Waals surface area contributed by atoms with Crippen molar-refractivity contribution < 1.29 is 14.5 Å². The van der Waals surface area contributed by atoms with E-state index in [2.05, 4.69) is 4.74 Å². The molecule has 98 valence electrons. The van der Waals surface area contributed by atoms with Crippen molar-refractivity contribution in [3.8, 4) is 0 Å². The molecule has 0 aliphatic rings. The molecule has 0 fully saturated rings. The van der Waals surface area contributed by atoms with Crippen molar-refractivity contribution in [3.05, 3.63) is 39.9 Å². The molecule has 1 atom stereocenters. The Morgan fingerprint density at radius 1 is 1.56 bits per heavy atom. The second-order valence-electron chi connectivity index (χ2n) is 3.53. The van der Waals surface area contributed by atoms with Gasteiger partial charge in [0.15, 0.2) is 0 Å². The number of esters is 1. The van der Waals surface area contributed by atoms with Gasteiger partial charge in [0.1, 0.15) is 6.04 Å². The minimum Gasteiger partial charge on any atom is -0.468 e. The maximum absolute atomic E-state index is 11.1. The van der Waals surface area contributed by atoms with Crippen LogP contribution in [0.25, 0.3) is 0 Å². The summed E-state index contributed by atoms with van der Waals surface area (Å²) in [4.78, 5) is 21.4. The first-order valence-corrected chi connectivity index (χ1v) is 6.35. The predicted octanol–water partition coefficient (Wildman–Crippen LogP) is 1.33.